The summed E-state index contributed by atoms with van der Waals surface area (Å²) in [5.74, 6) is -1.60. The molecule has 4 rings (SSSR count). The second kappa shape index (κ2) is 10.7. The third-order valence-corrected chi connectivity index (χ3v) is 5.93. The number of halogens is 2. The Morgan fingerprint density at radius 2 is 1.92 bits per heavy atom. The molecule has 3 N–H and O–H groups in total. The SMILES string of the molecule is CC(C)N(CC(=O)NCc1cccc(Cl)c1F)n1nc(C(N)=O)c2cc(Cc3cncnc3)ccc21. The normalized spacial score (nSPS) is 11.1. The van der Waals surface area contributed by atoms with Gasteiger partial charge in [-0.15, -0.1) is 5.10 Å². The zero-order valence-corrected chi connectivity index (χ0v) is 20.5. The topological polar surface area (TPSA) is 119 Å². The highest BCUT2D eigenvalue weighted by Gasteiger charge is 2.22. The highest BCUT2D eigenvalue weighted by molar-refractivity contribution is 6.30. The Morgan fingerprint density at radius 3 is 2.61 bits per heavy atom. The van der Waals surface area contributed by atoms with Gasteiger partial charge in [-0.05, 0) is 43.2 Å². The molecule has 0 aliphatic rings. The number of amides is 2. The van der Waals surface area contributed by atoms with E-state index in [2.05, 4.69) is 20.4 Å². The average Bonchev–Trinajstić information content (AvgIpc) is 3.23. The third kappa shape index (κ3) is 5.44. The highest BCUT2D eigenvalue weighted by atomic mass is 35.5. The van der Waals surface area contributed by atoms with E-state index < -0.39 is 11.7 Å². The summed E-state index contributed by atoms with van der Waals surface area (Å²) < 4.78 is 14.2. The van der Waals surface area contributed by atoms with Gasteiger partial charge in [-0.25, -0.2) is 14.4 Å². The fraction of sp³-hybridized carbons (Fsp3) is 0.240. The fourth-order valence-corrected chi connectivity index (χ4v) is 4.04. The molecule has 0 aliphatic carbocycles. The summed E-state index contributed by atoms with van der Waals surface area (Å²) in [6.45, 7) is 3.68. The zero-order chi connectivity index (χ0) is 25.8. The number of rotatable bonds is 9. The first kappa shape index (κ1) is 25.1. The molecular formula is C25H25ClFN7O2. The lowest BCUT2D eigenvalue weighted by atomic mass is 10.0. The molecular weight excluding hydrogens is 485 g/mol. The van der Waals surface area contributed by atoms with Crippen molar-refractivity contribution in [1.29, 1.82) is 0 Å². The summed E-state index contributed by atoms with van der Waals surface area (Å²) in [5, 5.41) is 9.42. The number of hydrogen-bond donors (Lipinski definition) is 2. The van der Waals surface area contributed by atoms with Crippen molar-refractivity contribution >= 4 is 34.3 Å². The smallest absolute Gasteiger partial charge is 0.269 e. The quantitative estimate of drug-likeness (QED) is 0.358. The van der Waals surface area contributed by atoms with Crippen molar-refractivity contribution in [2.75, 3.05) is 11.6 Å². The molecule has 0 radical (unpaired) electrons. The highest BCUT2D eigenvalue weighted by Crippen LogP contribution is 2.23. The van der Waals surface area contributed by atoms with Gasteiger partial charge in [0.25, 0.3) is 5.91 Å². The van der Waals surface area contributed by atoms with E-state index in [1.807, 2.05) is 32.0 Å². The lowest BCUT2D eigenvalue weighted by Gasteiger charge is -2.28. The maximum absolute atomic E-state index is 14.2. The third-order valence-electron chi connectivity index (χ3n) is 5.63. The van der Waals surface area contributed by atoms with Gasteiger partial charge in [-0.1, -0.05) is 29.8 Å². The van der Waals surface area contributed by atoms with E-state index in [-0.39, 0.29) is 41.3 Å². The molecule has 0 unspecified atom stereocenters. The van der Waals surface area contributed by atoms with E-state index >= 15 is 0 Å². The first-order chi connectivity index (χ1) is 17.2. The number of carbonyl (C=O) groups is 2. The van der Waals surface area contributed by atoms with E-state index in [0.717, 1.165) is 11.1 Å². The van der Waals surface area contributed by atoms with Crippen molar-refractivity contribution < 1.29 is 14.0 Å². The number of primary amides is 1. The molecule has 0 bridgehead atoms. The Kier molecular flexibility index (Phi) is 7.44. The average molecular weight is 510 g/mol. The van der Waals surface area contributed by atoms with Crippen LogP contribution in [0.4, 0.5) is 4.39 Å². The van der Waals surface area contributed by atoms with E-state index in [9.17, 15) is 14.0 Å². The van der Waals surface area contributed by atoms with Crippen LogP contribution in [-0.4, -0.2) is 44.3 Å². The molecule has 2 amide bonds. The van der Waals surface area contributed by atoms with Crippen LogP contribution in [-0.2, 0) is 17.8 Å². The molecule has 0 fully saturated rings. The van der Waals surface area contributed by atoms with Gasteiger partial charge < -0.3 is 11.1 Å². The van der Waals surface area contributed by atoms with Gasteiger partial charge in [-0.3, -0.25) is 14.6 Å². The Hall–Kier alpha value is -4.05. The minimum atomic E-state index is -0.677. The molecule has 36 heavy (non-hydrogen) atoms. The summed E-state index contributed by atoms with van der Waals surface area (Å²) in [4.78, 5) is 34.6. The largest absolute Gasteiger partial charge is 0.364 e. The number of nitrogens with two attached hydrogens (primary N) is 1. The fourth-order valence-electron chi connectivity index (χ4n) is 3.84. The molecule has 9 nitrogen and oxygen atoms in total. The van der Waals surface area contributed by atoms with Crippen LogP contribution in [0.15, 0.2) is 55.1 Å². The van der Waals surface area contributed by atoms with Gasteiger partial charge in [0.1, 0.15) is 18.7 Å². The predicted octanol–water partition coefficient (Wildman–Crippen LogP) is 2.97. The van der Waals surface area contributed by atoms with Crippen LogP contribution < -0.4 is 16.1 Å². The zero-order valence-electron chi connectivity index (χ0n) is 19.8. The maximum Gasteiger partial charge on any atom is 0.269 e. The molecule has 0 aliphatic heterocycles. The van der Waals surface area contributed by atoms with Crippen molar-refractivity contribution in [1.82, 2.24) is 25.2 Å². The molecule has 11 heteroatoms. The Morgan fingerprint density at radius 1 is 1.17 bits per heavy atom. The lowest BCUT2D eigenvalue weighted by Crippen LogP contribution is -2.47. The van der Waals surface area contributed by atoms with Crippen LogP contribution in [0, 0.1) is 5.82 Å². The predicted molar refractivity (Wildman–Crippen MR) is 135 cm³/mol. The summed E-state index contributed by atoms with van der Waals surface area (Å²) in [7, 11) is 0. The van der Waals surface area contributed by atoms with E-state index in [0.29, 0.717) is 17.3 Å². The number of hydrogen-bond acceptors (Lipinski definition) is 6. The lowest BCUT2D eigenvalue weighted by molar-refractivity contribution is -0.120. The minimum absolute atomic E-state index is 0.00768. The van der Waals surface area contributed by atoms with Crippen molar-refractivity contribution in [3.05, 3.63) is 88.3 Å². The van der Waals surface area contributed by atoms with Crippen LogP contribution in [0.3, 0.4) is 0 Å². The van der Waals surface area contributed by atoms with Gasteiger partial charge in [0.05, 0.1) is 10.5 Å². The molecule has 0 spiro atoms. The Balaban J connectivity index is 1.60. The van der Waals surface area contributed by atoms with Gasteiger partial charge in [0, 0.05) is 42.4 Å². The van der Waals surface area contributed by atoms with Gasteiger partial charge in [-0.2, -0.15) is 4.79 Å². The Bertz CT molecular complexity index is 1410. The monoisotopic (exact) mass is 509 g/mol. The van der Waals surface area contributed by atoms with Crippen molar-refractivity contribution in [3.63, 3.8) is 0 Å². The van der Waals surface area contributed by atoms with Crippen LogP contribution in [0.5, 0.6) is 0 Å². The first-order valence-corrected chi connectivity index (χ1v) is 11.6. The van der Waals surface area contributed by atoms with E-state index in [1.165, 1.54) is 17.2 Å². The molecule has 2 aromatic heterocycles. The summed E-state index contributed by atoms with van der Waals surface area (Å²) in [5.41, 5.74) is 8.48. The molecule has 2 aromatic carbocycles. The summed E-state index contributed by atoms with van der Waals surface area (Å²) >= 11 is 5.82. The van der Waals surface area contributed by atoms with Gasteiger partial charge >= 0.3 is 0 Å². The number of nitrogens with one attached hydrogen (secondary N) is 1. The van der Waals surface area contributed by atoms with Crippen molar-refractivity contribution in [2.24, 2.45) is 5.73 Å². The second-order valence-electron chi connectivity index (χ2n) is 8.56. The van der Waals surface area contributed by atoms with Crippen LogP contribution in [0.1, 0.15) is 41.0 Å². The van der Waals surface area contributed by atoms with Gasteiger partial charge in [0.2, 0.25) is 5.91 Å². The van der Waals surface area contributed by atoms with E-state index in [1.54, 1.807) is 29.5 Å². The standard InChI is InChI=1S/C25H25ClFN7O2/c1-15(2)33(13-22(35)31-12-18-4-3-5-20(26)23(18)27)34-21-7-6-16(8-17-10-29-14-30-11-17)9-19(21)24(32-34)25(28)36/h3-7,9-11,14-15H,8,12-13H2,1-2H3,(H2,28,36)(H,31,35). The maximum atomic E-state index is 14.2. The molecule has 4 aromatic rings. The number of fused-ring (bicyclic) bond motifs is 1. The number of benzene rings is 2. The van der Waals surface area contributed by atoms with Crippen LogP contribution in [0.25, 0.3) is 10.9 Å². The van der Waals surface area contributed by atoms with Crippen LogP contribution in [0.2, 0.25) is 5.02 Å². The molecule has 0 saturated heterocycles. The molecule has 0 saturated carbocycles. The van der Waals surface area contributed by atoms with Gasteiger partial charge in [0.15, 0.2) is 5.69 Å². The number of carbonyl (C=O) groups excluding carboxylic acids is 2. The number of nitrogens with zero attached hydrogens (tertiary/aromatic N) is 5. The Labute approximate surface area is 212 Å². The molecule has 186 valence electrons. The number of aromatic nitrogens is 4. The van der Waals surface area contributed by atoms with Crippen molar-refractivity contribution in [3.8, 4) is 0 Å². The van der Waals surface area contributed by atoms with Crippen LogP contribution >= 0.6 is 11.6 Å². The molecule has 0 atom stereocenters. The second-order valence-corrected chi connectivity index (χ2v) is 8.97. The molecule has 2 heterocycles. The summed E-state index contributed by atoms with van der Waals surface area (Å²) in [6.07, 6.45) is 5.48. The van der Waals surface area contributed by atoms with E-state index in [4.69, 9.17) is 17.3 Å². The summed E-state index contributed by atoms with van der Waals surface area (Å²) in [6, 6.07) is 10.1. The van der Waals surface area contributed by atoms with Crippen molar-refractivity contribution in [2.45, 2.75) is 32.9 Å². The minimum Gasteiger partial charge on any atom is -0.364 e. The first-order valence-electron chi connectivity index (χ1n) is 11.3.